The molecule has 0 fully saturated rings. The number of nitrogens with one attached hydrogen (secondary N) is 1. The van der Waals surface area contributed by atoms with Crippen molar-refractivity contribution < 1.29 is 13.2 Å². The van der Waals surface area contributed by atoms with Crippen molar-refractivity contribution in [2.75, 3.05) is 6.54 Å². The van der Waals surface area contributed by atoms with Gasteiger partial charge in [0.1, 0.15) is 0 Å². The normalized spacial score (nSPS) is 19.7. The van der Waals surface area contributed by atoms with Gasteiger partial charge in [-0.05, 0) is 31.1 Å². The first-order chi connectivity index (χ1) is 11.0. The van der Waals surface area contributed by atoms with E-state index in [0.29, 0.717) is 41.2 Å². The van der Waals surface area contributed by atoms with Crippen LogP contribution in [0.1, 0.15) is 18.4 Å². The summed E-state index contributed by atoms with van der Waals surface area (Å²) in [6.45, 7) is 0.589. The van der Waals surface area contributed by atoms with Gasteiger partial charge in [0.05, 0.1) is 16.4 Å². The number of alkyl halides is 3. The Hall–Kier alpha value is -2.50. The summed E-state index contributed by atoms with van der Waals surface area (Å²) >= 11 is 0. The van der Waals surface area contributed by atoms with E-state index in [-0.39, 0.29) is 0 Å². The van der Waals surface area contributed by atoms with Crippen molar-refractivity contribution in [3.63, 3.8) is 0 Å². The molecule has 1 N–H and O–H groups in total. The third kappa shape index (κ3) is 2.09. The predicted molar refractivity (Wildman–Crippen MR) is 80.2 cm³/mol. The average Bonchev–Trinajstić information content (AvgIpc) is 2.68. The summed E-state index contributed by atoms with van der Waals surface area (Å²) < 4.78 is 39.7. The Labute approximate surface area is 130 Å². The molecule has 0 saturated heterocycles. The van der Waals surface area contributed by atoms with Gasteiger partial charge in [0.25, 0.3) is 0 Å². The number of fused-ring (bicyclic) bond motifs is 3. The zero-order chi connectivity index (χ0) is 16.2. The van der Waals surface area contributed by atoms with E-state index in [1.54, 1.807) is 0 Å². The lowest BCUT2D eigenvalue weighted by Gasteiger charge is -2.14. The second-order valence-corrected chi connectivity index (χ2v) is 5.72. The molecule has 0 unspecified atom stereocenters. The molecule has 6 heteroatoms. The third-order valence-electron chi connectivity index (χ3n) is 4.38. The summed E-state index contributed by atoms with van der Waals surface area (Å²) in [5.74, 6) is 0. The molecule has 23 heavy (non-hydrogen) atoms. The first-order valence-corrected chi connectivity index (χ1v) is 7.36. The van der Waals surface area contributed by atoms with Crippen LogP contribution < -0.4 is 20.6 Å². The number of hydroxylamine groups is 1. The Morgan fingerprint density at radius 3 is 2.78 bits per heavy atom. The van der Waals surface area contributed by atoms with Gasteiger partial charge < -0.3 is 10.5 Å². The van der Waals surface area contributed by atoms with Crippen LogP contribution in [0.5, 0.6) is 0 Å². The molecule has 118 valence electrons. The zero-order valence-corrected chi connectivity index (χ0v) is 12.1. The summed E-state index contributed by atoms with van der Waals surface area (Å²) in [6.07, 6.45) is 2.44. The monoisotopic (exact) mass is 318 g/mol. The molecule has 1 aromatic carbocycles. The standard InChI is InChI=1S/C17H13F3N2O/c18-17(19,20)10-5-6-15-13(9-10)11-7-8-21-14-4-2-1-3-12(14)16(11)22(15)23/h1-2,4-6,9,21H,3,7-8H2. The van der Waals surface area contributed by atoms with E-state index < -0.39 is 11.7 Å². The van der Waals surface area contributed by atoms with Gasteiger partial charge in [0, 0.05) is 23.9 Å². The van der Waals surface area contributed by atoms with E-state index in [1.165, 1.54) is 6.07 Å². The smallest absolute Gasteiger partial charge is 0.416 e. The maximum absolute atomic E-state index is 13.0. The fourth-order valence-electron chi connectivity index (χ4n) is 3.33. The van der Waals surface area contributed by atoms with Crippen molar-refractivity contribution in [3.8, 4) is 0 Å². The highest BCUT2D eigenvalue weighted by Gasteiger charge is 2.35. The van der Waals surface area contributed by atoms with Gasteiger partial charge in [-0.1, -0.05) is 12.2 Å². The van der Waals surface area contributed by atoms with Crippen LogP contribution in [-0.4, -0.2) is 6.54 Å². The van der Waals surface area contributed by atoms with E-state index in [9.17, 15) is 18.4 Å². The SMILES string of the molecule is [O-][N+]1=c2ccc(C(F)(F)F)cc2=C2CCNC3=CC=CCC3=C21. The van der Waals surface area contributed by atoms with Crippen LogP contribution >= 0.6 is 0 Å². The molecule has 1 aromatic rings. The lowest BCUT2D eigenvalue weighted by atomic mass is 9.98. The zero-order valence-electron chi connectivity index (χ0n) is 12.1. The Balaban J connectivity index is 2.05. The summed E-state index contributed by atoms with van der Waals surface area (Å²) in [6, 6.07) is 3.34. The first kappa shape index (κ1) is 14.1. The molecule has 1 aliphatic carbocycles. The quantitative estimate of drug-likeness (QED) is 0.586. The molecule has 4 rings (SSSR count). The van der Waals surface area contributed by atoms with Gasteiger partial charge in [0.2, 0.25) is 11.1 Å². The van der Waals surface area contributed by atoms with Gasteiger partial charge in [-0.15, -0.1) is 0 Å². The number of benzene rings is 1. The van der Waals surface area contributed by atoms with Crippen LogP contribution in [0, 0.1) is 5.21 Å². The first-order valence-electron chi connectivity index (χ1n) is 7.36. The van der Waals surface area contributed by atoms with E-state index in [0.717, 1.165) is 28.1 Å². The Morgan fingerprint density at radius 2 is 2.00 bits per heavy atom. The molecule has 2 aliphatic heterocycles. The van der Waals surface area contributed by atoms with Gasteiger partial charge in [-0.3, -0.25) is 0 Å². The Kier molecular flexibility index (Phi) is 2.91. The van der Waals surface area contributed by atoms with E-state index in [2.05, 4.69) is 5.32 Å². The lowest BCUT2D eigenvalue weighted by molar-refractivity contribution is -0.137. The lowest BCUT2D eigenvalue weighted by Crippen LogP contribution is -2.32. The van der Waals surface area contributed by atoms with E-state index in [4.69, 9.17) is 0 Å². The van der Waals surface area contributed by atoms with Crippen LogP contribution in [0.25, 0.3) is 5.57 Å². The van der Waals surface area contributed by atoms with E-state index >= 15 is 0 Å². The Bertz CT molecular complexity index is 920. The highest BCUT2D eigenvalue weighted by atomic mass is 19.4. The highest BCUT2D eigenvalue weighted by Crippen LogP contribution is 2.32. The number of allylic oxidation sites excluding steroid dienone is 5. The average molecular weight is 318 g/mol. The van der Waals surface area contributed by atoms with Crippen molar-refractivity contribution in [2.24, 2.45) is 0 Å². The largest absolute Gasteiger partial charge is 0.618 e. The topological polar surface area (TPSA) is 38.1 Å². The van der Waals surface area contributed by atoms with Gasteiger partial charge in [-0.25, -0.2) is 0 Å². The van der Waals surface area contributed by atoms with Crippen LogP contribution in [0.3, 0.4) is 0 Å². The molecule has 2 heterocycles. The van der Waals surface area contributed by atoms with Gasteiger partial charge in [0.15, 0.2) is 0 Å². The maximum Gasteiger partial charge on any atom is 0.416 e. The second kappa shape index (κ2) is 4.75. The molecular formula is C17H13F3N2O. The van der Waals surface area contributed by atoms with Crippen LogP contribution in [-0.2, 0) is 6.18 Å². The van der Waals surface area contributed by atoms with Gasteiger partial charge in [-0.2, -0.15) is 17.9 Å². The molecule has 0 aromatic heterocycles. The minimum absolute atomic E-state index is 0.298. The number of rotatable bonds is 0. The van der Waals surface area contributed by atoms with Crippen molar-refractivity contribution in [3.05, 3.63) is 74.7 Å². The number of nitrogens with zero attached hydrogens (tertiary/aromatic N) is 1. The van der Waals surface area contributed by atoms with Crippen molar-refractivity contribution in [2.45, 2.75) is 19.0 Å². The fourth-order valence-corrected chi connectivity index (χ4v) is 3.33. The molecule has 0 spiro atoms. The Morgan fingerprint density at radius 1 is 1.17 bits per heavy atom. The maximum atomic E-state index is 13.0. The summed E-state index contributed by atoms with van der Waals surface area (Å²) in [4.78, 5) is 0. The van der Waals surface area contributed by atoms with Gasteiger partial charge >= 0.3 is 6.18 Å². The number of hydrogen-bond donors (Lipinski definition) is 1. The molecule has 3 aliphatic rings. The van der Waals surface area contributed by atoms with E-state index in [1.807, 2.05) is 18.2 Å². The van der Waals surface area contributed by atoms with Crippen LogP contribution in [0.15, 0.2) is 53.4 Å². The molecule has 0 saturated carbocycles. The summed E-state index contributed by atoms with van der Waals surface area (Å²) in [7, 11) is 0. The molecule has 0 amide bonds. The van der Waals surface area contributed by atoms with Crippen molar-refractivity contribution >= 4 is 5.57 Å². The van der Waals surface area contributed by atoms with Crippen molar-refractivity contribution in [1.82, 2.24) is 10.1 Å². The molecule has 3 nitrogen and oxygen atoms in total. The summed E-state index contributed by atoms with van der Waals surface area (Å²) in [5, 5.41) is 16.6. The molecular weight excluding hydrogens is 305 g/mol. The third-order valence-corrected chi connectivity index (χ3v) is 4.38. The number of hydrogen-bond acceptors (Lipinski definition) is 2. The van der Waals surface area contributed by atoms with Crippen molar-refractivity contribution in [1.29, 1.82) is 0 Å². The second-order valence-electron chi connectivity index (χ2n) is 5.72. The number of halogens is 3. The minimum atomic E-state index is -4.42. The fraction of sp³-hybridized carbons (Fsp3) is 0.235. The minimum Gasteiger partial charge on any atom is -0.618 e. The predicted octanol–water partition coefficient (Wildman–Crippen LogP) is 1.95. The van der Waals surface area contributed by atoms with Crippen LogP contribution in [0.4, 0.5) is 13.2 Å². The van der Waals surface area contributed by atoms with Crippen LogP contribution in [0.2, 0.25) is 0 Å². The highest BCUT2D eigenvalue weighted by molar-refractivity contribution is 5.71. The summed E-state index contributed by atoms with van der Waals surface area (Å²) in [5.41, 5.74) is 2.20. The molecule has 0 bridgehead atoms. The molecule has 0 radical (unpaired) electrons. The molecule has 0 atom stereocenters.